The number of Topliss-reactive ketones (excluding diaryl/α,β-unsaturated/α-hetero) is 1. The van der Waals surface area contributed by atoms with E-state index in [1.54, 1.807) is 18.2 Å². The number of aliphatic imine (C=N–C) groups is 1. The number of fused-ring (bicyclic) bond motifs is 1. The van der Waals surface area contributed by atoms with Crippen LogP contribution in [0.15, 0.2) is 27.7 Å². The molecule has 76 valence electrons. The lowest BCUT2D eigenvalue weighted by Gasteiger charge is -2.12. The monoisotopic (exact) mass is 267 g/mol. The van der Waals surface area contributed by atoms with Crippen molar-refractivity contribution in [1.29, 1.82) is 0 Å². The number of rotatable bonds is 1. The number of ketones is 1. The molecule has 0 amide bonds. The molecule has 4 nitrogen and oxygen atoms in total. The highest BCUT2D eigenvalue weighted by atomic mass is 79.9. The third kappa shape index (κ3) is 1.70. The van der Waals surface area contributed by atoms with Gasteiger partial charge in [0.25, 0.3) is 0 Å². The number of hydrogen-bond acceptors (Lipinski definition) is 3. The molecule has 0 saturated heterocycles. The van der Waals surface area contributed by atoms with Gasteiger partial charge in [-0.15, -0.1) is 0 Å². The molecule has 0 aromatic heterocycles. The molecule has 1 heterocycles. The first-order chi connectivity index (χ1) is 7.09. The van der Waals surface area contributed by atoms with Crippen LogP contribution in [-0.4, -0.2) is 22.6 Å². The number of carbonyl (C=O) groups excluding carboxylic acids is 1. The summed E-state index contributed by atoms with van der Waals surface area (Å²) < 4.78 is 0.631. The molecule has 0 radical (unpaired) electrons. The third-order valence-corrected chi connectivity index (χ3v) is 2.75. The lowest BCUT2D eigenvalue weighted by atomic mass is 10.0. The van der Waals surface area contributed by atoms with Crippen LogP contribution in [-0.2, 0) is 4.79 Å². The second-order valence-corrected chi connectivity index (χ2v) is 3.95. The van der Waals surface area contributed by atoms with Gasteiger partial charge in [-0.25, -0.2) is 9.79 Å². The third-order valence-electron chi connectivity index (χ3n) is 2.11. The van der Waals surface area contributed by atoms with Gasteiger partial charge in [-0.1, -0.05) is 6.07 Å². The van der Waals surface area contributed by atoms with Crippen molar-refractivity contribution in [3.63, 3.8) is 0 Å². The van der Waals surface area contributed by atoms with E-state index in [4.69, 9.17) is 5.11 Å². The minimum absolute atomic E-state index is 0.112. The zero-order valence-corrected chi connectivity index (χ0v) is 9.11. The van der Waals surface area contributed by atoms with E-state index in [-0.39, 0.29) is 17.9 Å². The van der Waals surface area contributed by atoms with E-state index in [9.17, 15) is 9.59 Å². The van der Waals surface area contributed by atoms with Gasteiger partial charge in [0.15, 0.2) is 5.78 Å². The number of halogens is 1. The highest BCUT2D eigenvalue weighted by Gasteiger charge is 2.24. The van der Waals surface area contributed by atoms with Crippen LogP contribution < -0.4 is 0 Å². The smallest absolute Gasteiger partial charge is 0.350 e. The van der Waals surface area contributed by atoms with Gasteiger partial charge in [-0.05, 0) is 28.1 Å². The lowest BCUT2D eigenvalue weighted by Crippen LogP contribution is -2.21. The standard InChI is InChI=1S/C10H6BrNO3/c11-6-3-1-2-5-8(13)4-7(10(14)15)12-9(5)6/h1-3H,4H2,(H,14,15). The van der Waals surface area contributed by atoms with E-state index >= 15 is 0 Å². The largest absolute Gasteiger partial charge is 0.477 e. The maximum atomic E-state index is 11.6. The fourth-order valence-electron chi connectivity index (χ4n) is 1.40. The van der Waals surface area contributed by atoms with Crippen LogP contribution in [0.5, 0.6) is 0 Å². The molecule has 2 rings (SSSR count). The van der Waals surface area contributed by atoms with Gasteiger partial charge >= 0.3 is 5.97 Å². The van der Waals surface area contributed by atoms with E-state index in [0.29, 0.717) is 15.7 Å². The van der Waals surface area contributed by atoms with Crippen molar-refractivity contribution >= 4 is 39.1 Å². The Morgan fingerprint density at radius 1 is 1.47 bits per heavy atom. The zero-order chi connectivity index (χ0) is 11.0. The molecule has 1 aromatic rings. The second-order valence-electron chi connectivity index (χ2n) is 3.10. The van der Waals surface area contributed by atoms with Crippen molar-refractivity contribution in [3.8, 4) is 0 Å². The zero-order valence-electron chi connectivity index (χ0n) is 7.53. The number of carboxylic acid groups (broad SMARTS) is 1. The summed E-state index contributed by atoms with van der Waals surface area (Å²) in [6.45, 7) is 0. The van der Waals surface area contributed by atoms with Gasteiger partial charge in [0.05, 0.1) is 12.1 Å². The molecular weight excluding hydrogens is 262 g/mol. The molecule has 0 atom stereocenters. The normalized spacial score (nSPS) is 14.5. The topological polar surface area (TPSA) is 66.7 Å². The molecule has 5 heteroatoms. The average Bonchev–Trinajstić information content (AvgIpc) is 2.19. The van der Waals surface area contributed by atoms with Gasteiger partial charge in [0.1, 0.15) is 5.71 Å². The van der Waals surface area contributed by atoms with Gasteiger partial charge < -0.3 is 5.11 Å². The maximum absolute atomic E-state index is 11.6. The highest BCUT2D eigenvalue weighted by Crippen LogP contribution is 2.33. The molecule has 1 aromatic carbocycles. The fraction of sp³-hybridized carbons (Fsp3) is 0.100. The van der Waals surface area contributed by atoms with Gasteiger partial charge in [0.2, 0.25) is 0 Å². The Kier molecular flexibility index (Phi) is 2.40. The number of benzene rings is 1. The minimum Gasteiger partial charge on any atom is -0.477 e. The van der Waals surface area contributed by atoms with Crippen molar-refractivity contribution in [1.82, 2.24) is 0 Å². The van der Waals surface area contributed by atoms with E-state index < -0.39 is 5.97 Å². The number of hydrogen-bond donors (Lipinski definition) is 1. The molecule has 1 aliphatic rings. The average molecular weight is 268 g/mol. The van der Waals surface area contributed by atoms with Crippen LogP contribution >= 0.6 is 15.9 Å². The van der Waals surface area contributed by atoms with Crippen LogP contribution in [0.25, 0.3) is 0 Å². The molecule has 0 unspecified atom stereocenters. The quantitative estimate of drug-likeness (QED) is 0.848. The number of carboxylic acids is 1. The lowest BCUT2D eigenvalue weighted by molar-refractivity contribution is -0.129. The van der Waals surface area contributed by atoms with Gasteiger partial charge in [0, 0.05) is 10.0 Å². The van der Waals surface area contributed by atoms with Gasteiger partial charge in [-0.3, -0.25) is 4.79 Å². The molecule has 1 aliphatic heterocycles. The van der Waals surface area contributed by atoms with Crippen LogP contribution in [0, 0.1) is 0 Å². The Morgan fingerprint density at radius 3 is 2.87 bits per heavy atom. The molecule has 0 saturated carbocycles. The molecule has 0 bridgehead atoms. The SMILES string of the molecule is O=C(O)C1=Nc2c(Br)cccc2C(=O)C1. The number of para-hydroxylation sites is 1. The van der Waals surface area contributed by atoms with E-state index in [0.717, 1.165) is 0 Å². The Labute approximate surface area is 93.8 Å². The van der Waals surface area contributed by atoms with E-state index in [2.05, 4.69) is 20.9 Å². The summed E-state index contributed by atoms with van der Waals surface area (Å²) in [6.07, 6.45) is -0.140. The predicted molar refractivity (Wildman–Crippen MR) is 57.8 cm³/mol. The molecule has 15 heavy (non-hydrogen) atoms. The Hall–Kier alpha value is -1.49. The maximum Gasteiger partial charge on any atom is 0.350 e. The van der Waals surface area contributed by atoms with Crippen molar-refractivity contribution in [2.75, 3.05) is 0 Å². The van der Waals surface area contributed by atoms with Crippen LogP contribution in [0.4, 0.5) is 5.69 Å². The molecule has 0 spiro atoms. The van der Waals surface area contributed by atoms with Crippen LogP contribution in [0.3, 0.4) is 0 Å². The fourth-order valence-corrected chi connectivity index (χ4v) is 1.85. The summed E-state index contributed by atoms with van der Waals surface area (Å²) in [5.41, 5.74) is 0.764. The molecule has 1 N–H and O–H groups in total. The minimum atomic E-state index is -1.15. The Balaban J connectivity index is 2.64. The predicted octanol–water partition coefficient (Wildman–Crippen LogP) is 2.19. The van der Waals surface area contributed by atoms with Crippen LogP contribution in [0.2, 0.25) is 0 Å². The van der Waals surface area contributed by atoms with Crippen LogP contribution in [0.1, 0.15) is 16.8 Å². The van der Waals surface area contributed by atoms with Crippen molar-refractivity contribution in [3.05, 3.63) is 28.2 Å². The summed E-state index contributed by atoms with van der Waals surface area (Å²) in [5, 5.41) is 8.77. The van der Waals surface area contributed by atoms with Gasteiger partial charge in [-0.2, -0.15) is 0 Å². The highest BCUT2D eigenvalue weighted by molar-refractivity contribution is 9.10. The summed E-state index contributed by atoms with van der Waals surface area (Å²) in [6, 6.07) is 5.09. The number of aliphatic carboxylic acids is 1. The van der Waals surface area contributed by atoms with Crippen molar-refractivity contribution in [2.24, 2.45) is 4.99 Å². The molecule has 0 aliphatic carbocycles. The van der Waals surface area contributed by atoms with E-state index in [1.165, 1.54) is 0 Å². The summed E-state index contributed by atoms with van der Waals surface area (Å²) in [4.78, 5) is 26.3. The first-order valence-corrected chi connectivity index (χ1v) is 5.01. The number of nitrogens with zero attached hydrogens (tertiary/aromatic N) is 1. The first kappa shape index (κ1) is 10.0. The number of carbonyl (C=O) groups is 2. The summed E-state index contributed by atoms with van der Waals surface area (Å²) >= 11 is 3.23. The summed E-state index contributed by atoms with van der Waals surface area (Å²) in [5.74, 6) is -1.36. The molecular formula is C10H6BrNO3. The molecule has 0 fully saturated rings. The van der Waals surface area contributed by atoms with Crippen molar-refractivity contribution < 1.29 is 14.7 Å². The first-order valence-electron chi connectivity index (χ1n) is 4.22. The van der Waals surface area contributed by atoms with E-state index in [1.807, 2.05) is 0 Å². The Morgan fingerprint density at radius 2 is 2.20 bits per heavy atom. The summed E-state index contributed by atoms with van der Waals surface area (Å²) in [7, 11) is 0. The van der Waals surface area contributed by atoms with Crippen molar-refractivity contribution in [2.45, 2.75) is 6.42 Å². The Bertz CT molecular complexity index is 493. The second kappa shape index (κ2) is 3.58.